The standard InChI is InChI=1S/C20H23BrN2O4/c1-2-23(9-10-25-17-6-3-15(21)4-7-17)14-20(24)22-16-5-8-18-19(13-16)27-12-11-26-18/h3-8,13H,2,9-12,14H2,1H3,(H,22,24). The van der Waals surface area contributed by atoms with Crippen molar-refractivity contribution in [1.82, 2.24) is 4.90 Å². The van der Waals surface area contributed by atoms with Gasteiger partial charge >= 0.3 is 0 Å². The van der Waals surface area contributed by atoms with E-state index in [0.717, 1.165) is 16.8 Å². The van der Waals surface area contributed by atoms with Gasteiger partial charge in [-0.25, -0.2) is 0 Å². The first-order chi connectivity index (χ1) is 13.1. The SMILES string of the molecule is CCN(CCOc1ccc(Br)cc1)CC(=O)Nc1ccc2c(c1)OCCO2. The summed E-state index contributed by atoms with van der Waals surface area (Å²) in [5, 5.41) is 2.91. The first kappa shape index (κ1) is 19.5. The van der Waals surface area contributed by atoms with E-state index in [-0.39, 0.29) is 5.91 Å². The molecule has 0 radical (unpaired) electrons. The number of fused-ring (bicyclic) bond motifs is 1. The van der Waals surface area contributed by atoms with E-state index in [9.17, 15) is 4.79 Å². The van der Waals surface area contributed by atoms with Crippen LogP contribution in [0.1, 0.15) is 6.92 Å². The van der Waals surface area contributed by atoms with Gasteiger partial charge in [-0.2, -0.15) is 0 Å². The largest absolute Gasteiger partial charge is 0.492 e. The van der Waals surface area contributed by atoms with Crippen LogP contribution in [0.5, 0.6) is 17.2 Å². The monoisotopic (exact) mass is 434 g/mol. The molecule has 1 aliphatic heterocycles. The van der Waals surface area contributed by atoms with Crippen molar-refractivity contribution in [2.45, 2.75) is 6.92 Å². The number of carbonyl (C=O) groups excluding carboxylic acids is 1. The predicted octanol–water partition coefficient (Wildman–Crippen LogP) is 3.56. The topological polar surface area (TPSA) is 60.0 Å². The van der Waals surface area contributed by atoms with Crippen LogP contribution < -0.4 is 19.5 Å². The molecule has 7 heteroatoms. The number of nitrogens with one attached hydrogen (secondary N) is 1. The molecular weight excluding hydrogens is 412 g/mol. The van der Waals surface area contributed by atoms with Gasteiger partial charge in [0.05, 0.1) is 6.54 Å². The van der Waals surface area contributed by atoms with Crippen LogP contribution in [0.2, 0.25) is 0 Å². The van der Waals surface area contributed by atoms with Crippen LogP contribution in [0, 0.1) is 0 Å². The maximum absolute atomic E-state index is 12.3. The Morgan fingerprint density at radius 2 is 1.89 bits per heavy atom. The van der Waals surface area contributed by atoms with Crippen LogP contribution in [0.15, 0.2) is 46.9 Å². The molecule has 144 valence electrons. The number of nitrogens with zero attached hydrogens (tertiary/aromatic N) is 1. The Kier molecular flexibility index (Phi) is 6.95. The minimum absolute atomic E-state index is 0.0721. The summed E-state index contributed by atoms with van der Waals surface area (Å²) in [7, 11) is 0. The van der Waals surface area contributed by atoms with Crippen LogP contribution >= 0.6 is 15.9 Å². The fourth-order valence-corrected chi connectivity index (χ4v) is 2.96. The van der Waals surface area contributed by atoms with E-state index < -0.39 is 0 Å². The van der Waals surface area contributed by atoms with E-state index in [4.69, 9.17) is 14.2 Å². The molecule has 2 aromatic rings. The summed E-state index contributed by atoms with van der Waals surface area (Å²) in [5.74, 6) is 2.11. The summed E-state index contributed by atoms with van der Waals surface area (Å²) in [6, 6.07) is 13.1. The lowest BCUT2D eigenvalue weighted by atomic mass is 10.2. The quantitative estimate of drug-likeness (QED) is 0.687. The minimum atomic E-state index is -0.0721. The lowest BCUT2D eigenvalue weighted by molar-refractivity contribution is -0.117. The zero-order valence-corrected chi connectivity index (χ0v) is 16.8. The van der Waals surface area contributed by atoms with Crippen molar-refractivity contribution in [2.75, 3.05) is 44.8 Å². The maximum atomic E-state index is 12.3. The zero-order chi connectivity index (χ0) is 19.1. The third-order valence-electron chi connectivity index (χ3n) is 4.13. The second-order valence-electron chi connectivity index (χ2n) is 6.08. The number of ether oxygens (including phenoxy) is 3. The van der Waals surface area contributed by atoms with Crippen molar-refractivity contribution < 1.29 is 19.0 Å². The molecular formula is C20H23BrN2O4. The maximum Gasteiger partial charge on any atom is 0.238 e. The number of likely N-dealkylation sites (N-methyl/N-ethyl adjacent to an activating group) is 1. The third-order valence-corrected chi connectivity index (χ3v) is 4.66. The van der Waals surface area contributed by atoms with Crippen molar-refractivity contribution in [3.8, 4) is 17.2 Å². The number of rotatable bonds is 8. The molecule has 0 bridgehead atoms. The van der Waals surface area contributed by atoms with Gasteiger partial charge in [0.15, 0.2) is 11.5 Å². The fourth-order valence-electron chi connectivity index (χ4n) is 2.70. The highest BCUT2D eigenvalue weighted by molar-refractivity contribution is 9.10. The molecule has 0 unspecified atom stereocenters. The molecule has 0 atom stereocenters. The molecule has 0 spiro atoms. The van der Waals surface area contributed by atoms with Gasteiger partial charge in [-0.15, -0.1) is 0 Å². The van der Waals surface area contributed by atoms with Crippen LogP contribution in [-0.2, 0) is 4.79 Å². The third kappa shape index (κ3) is 5.87. The Bertz CT molecular complexity index is 767. The molecule has 0 aliphatic carbocycles. The molecule has 0 saturated carbocycles. The van der Waals surface area contributed by atoms with Crippen molar-refractivity contribution in [3.63, 3.8) is 0 Å². The Balaban J connectivity index is 1.46. The van der Waals surface area contributed by atoms with E-state index in [1.165, 1.54) is 0 Å². The Morgan fingerprint density at radius 3 is 2.63 bits per heavy atom. The van der Waals surface area contributed by atoms with Crippen LogP contribution in [0.3, 0.4) is 0 Å². The molecule has 2 aromatic carbocycles. The highest BCUT2D eigenvalue weighted by Crippen LogP contribution is 2.32. The van der Waals surface area contributed by atoms with Crippen molar-refractivity contribution in [1.29, 1.82) is 0 Å². The molecule has 3 rings (SSSR count). The van der Waals surface area contributed by atoms with Crippen molar-refractivity contribution >= 4 is 27.5 Å². The number of amides is 1. The average molecular weight is 435 g/mol. The van der Waals surface area contributed by atoms with Gasteiger partial charge in [0.2, 0.25) is 5.91 Å². The van der Waals surface area contributed by atoms with Crippen molar-refractivity contribution in [3.05, 3.63) is 46.9 Å². The molecule has 27 heavy (non-hydrogen) atoms. The number of carbonyl (C=O) groups is 1. The van der Waals surface area contributed by atoms with E-state index >= 15 is 0 Å². The number of halogens is 1. The summed E-state index contributed by atoms with van der Waals surface area (Å²) in [6.45, 7) is 5.34. The van der Waals surface area contributed by atoms with Gasteiger partial charge in [-0.05, 0) is 42.9 Å². The summed E-state index contributed by atoms with van der Waals surface area (Å²) in [5.41, 5.74) is 0.700. The molecule has 1 amide bonds. The van der Waals surface area contributed by atoms with E-state index in [2.05, 4.69) is 21.2 Å². The summed E-state index contributed by atoms with van der Waals surface area (Å²) in [6.07, 6.45) is 0. The zero-order valence-electron chi connectivity index (χ0n) is 15.2. The van der Waals surface area contributed by atoms with E-state index in [1.54, 1.807) is 6.07 Å². The summed E-state index contributed by atoms with van der Waals surface area (Å²) < 4.78 is 17.8. The predicted molar refractivity (Wildman–Crippen MR) is 108 cm³/mol. The number of benzene rings is 2. The molecule has 0 aromatic heterocycles. The molecule has 0 fully saturated rings. The Hall–Kier alpha value is -2.25. The van der Waals surface area contributed by atoms with Gasteiger partial charge in [-0.3, -0.25) is 9.69 Å². The Morgan fingerprint density at radius 1 is 1.15 bits per heavy atom. The van der Waals surface area contributed by atoms with Crippen molar-refractivity contribution in [2.24, 2.45) is 0 Å². The summed E-state index contributed by atoms with van der Waals surface area (Å²) >= 11 is 3.40. The second kappa shape index (κ2) is 9.62. The number of hydrogen-bond donors (Lipinski definition) is 1. The van der Waals surface area contributed by atoms with Gasteiger partial charge in [-0.1, -0.05) is 22.9 Å². The summed E-state index contributed by atoms with van der Waals surface area (Å²) in [4.78, 5) is 14.4. The normalized spacial score (nSPS) is 12.7. The first-order valence-electron chi connectivity index (χ1n) is 8.94. The molecule has 1 aliphatic rings. The van der Waals surface area contributed by atoms with Gasteiger partial charge < -0.3 is 19.5 Å². The fraction of sp³-hybridized carbons (Fsp3) is 0.350. The molecule has 1 heterocycles. The molecule has 6 nitrogen and oxygen atoms in total. The molecule has 1 N–H and O–H groups in total. The van der Waals surface area contributed by atoms with Gasteiger partial charge in [0.1, 0.15) is 25.6 Å². The second-order valence-corrected chi connectivity index (χ2v) is 6.99. The van der Waals surface area contributed by atoms with Gasteiger partial charge in [0, 0.05) is 22.8 Å². The minimum Gasteiger partial charge on any atom is -0.492 e. The van der Waals surface area contributed by atoms with E-state index in [1.807, 2.05) is 48.2 Å². The average Bonchev–Trinajstić information content (AvgIpc) is 2.68. The number of anilines is 1. The van der Waals surface area contributed by atoms with Crippen LogP contribution in [-0.4, -0.2) is 50.3 Å². The van der Waals surface area contributed by atoms with Crippen LogP contribution in [0.25, 0.3) is 0 Å². The van der Waals surface area contributed by atoms with Gasteiger partial charge in [0.25, 0.3) is 0 Å². The smallest absolute Gasteiger partial charge is 0.238 e. The van der Waals surface area contributed by atoms with E-state index in [0.29, 0.717) is 50.1 Å². The highest BCUT2D eigenvalue weighted by Gasteiger charge is 2.14. The molecule has 0 saturated heterocycles. The lowest BCUT2D eigenvalue weighted by Crippen LogP contribution is -2.35. The van der Waals surface area contributed by atoms with Crippen LogP contribution in [0.4, 0.5) is 5.69 Å². The first-order valence-corrected chi connectivity index (χ1v) is 9.73. The highest BCUT2D eigenvalue weighted by atomic mass is 79.9. The Labute approximate surface area is 167 Å². The lowest BCUT2D eigenvalue weighted by Gasteiger charge is -2.21. The number of hydrogen-bond acceptors (Lipinski definition) is 5.